The summed E-state index contributed by atoms with van der Waals surface area (Å²) in [6.07, 6.45) is 3.64. The highest BCUT2D eigenvalue weighted by atomic mass is 127. The summed E-state index contributed by atoms with van der Waals surface area (Å²) < 4.78 is 38.2. The van der Waals surface area contributed by atoms with E-state index >= 15 is 0 Å². The molecule has 28 heavy (non-hydrogen) atoms. The zero-order chi connectivity index (χ0) is 19.7. The molecule has 156 valence electrons. The van der Waals surface area contributed by atoms with Crippen molar-refractivity contribution in [2.75, 3.05) is 25.4 Å². The van der Waals surface area contributed by atoms with Crippen molar-refractivity contribution in [3.63, 3.8) is 0 Å². The zero-order valence-electron chi connectivity index (χ0n) is 15.9. The number of benzene rings is 1. The van der Waals surface area contributed by atoms with Crippen LogP contribution in [0.25, 0.3) is 0 Å². The predicted octanol–water partition coefficient (Wildman–Crippen LogP) is 3.03. The molecule has 1 aromatic carbocycles. The smallest absolute Gasteiger partial charge is 0.191 e. The molecule has 0 saturated heterocycles. The first-order valence-corrected chi connectivity index (χ1v) is 11.4. The van der Waals surface area contributed by atoms with Gasteiger partial charge in [-0.05, 0) is 25.5 Å². The third-order valence-electron chi connectivity index (χ3n) is 3.73. The van der Waals surface area contributed by atoms with Gasteiger partial charge in [0.2, 0.25) is 0 Å². The van der Waals surface area contributed by atoms with Crippen LogP contribution in [0.4, 0.5) is 4.39 Å². The van der Waals surface area contributed by atoms with Crippen molar-refractivity contribution in [2.45, 2.75) is 31.6 Å². The number of aromatic nitrogens is 1. The van der Waals surface area contributed by atoms with Crippen LogP contribution in [0.15, 0.2) is 40.4 Å². The molecule has 0 amide bonds. The normalized spacial score (nSPS) is 11.8. The van der Waals surface area contributed by atoms with E-state index in [1.165, 1.54) is 23.1 Å². The fourth-order valence-electron chi connectivity index (χ4n) is 2.34. The minimum absolute atomic E-state index is 0. The summed E-state index contributed by atoms with van der Waals surface area (Å²) in [5, 5.41) is 7.30. The maximum Gasteiger partial charge on any atom is 0.191 e. The number of thiazole rings is 1. The van der Waals surface area contributed by atoms with Crippen molar-refractivity contribution in [1.29, 1.82) is 0 Å². The van der Waals surface area contributed by atoms with Crippen LogP contribution in [-0.2, 0) is 22.7 Å². The third-order valence-corrected chi connectivity index (χ3v) is 6.65. The quantitative estimate of drug-likeness (QED) is 0.290. The first-order chi connectivity index (χ1) is 13.0. The summed E-state index contributed by atoms with van der Waals surface area (Å²) in [4.78, 5) is 9.62. The van der Waals surface area contributed by atoms with E-state index < -0.39 is 15.7 Å². The number of guanidine groups is 1. The van der Waals surface area contributed by atoms with Crippen LogP contribution in [0.3, 0.4) is 0 Å². The standard InChI is InChI=1S/C18H25FN4O2S2.HI/c1-3-14-13-23-17(26-14)9-10-21-18(20-4-2)22-11-12-27(24,25)16-8-6-5-7-15(16)19;/h5-8,13H,3-4,9-12H2,1-2H3,(H2,20,21,22);1H. The van der Waals surface area contributed by atoms with Crippen LogP contribution in [0.2, 0.25) is 0 Å². The van der Waals surface area contributed by atoms with Crippen LogP contribution >= 0.6 is 35.3 Å². The van der Waals surface area contributed by atoms with Gasteiger partial charge in [-0.1, -0.05) is 19.1 Å². The van der Waals surface area contributed by atoms with Crippen LogP contribution in [0, 0.1) is 5.82 Å². The van der Waals surface area contributed by atoms with Crippen molar-refractivity contribution in [3.8, 4) is 0 Å². The third kappa shape index (κ3) is 7.63. The molecule has 0 unspecified atom stereocenters. The van der Waals surface area contributed by atoms with Crippen molar-refractivity contribution in [2.24, 2.45) is 4.99 Å². The van der Waals surface area contributed by atoms with E-state index in [-0.39, 0.29) is 41.2 Å². The van der Waals surface area contributed by atoms with Crippen molar-refractivity contribution < 1.29 is 12.8 Å². The van der Waals surface area contributed by atoms with Gasteiger partial charge in [-0.3, -0.25) is 4.99 Å². The van der Waals surface area contributed by atoms with E-state index in [1.807, 2.05) is 13.1 Å². The molecule has 2 aromatic rings. The highest BCUT2D eigenvalue weighted by molar-refractivity contribution is 14.0. The topological polar surface area (TPSA) is 83.5 Å². The molecule has 2 rings (SSSR count). The van der Waals surface area contributed by atoms with Crippen molar-refractivity contribution in [1.82, 2.24) is 15.6 Å². The molecular weight excluding hydrogens is 514 g/mol. The molecular formula is C18H26FIN4O2S2. The molecule has 1 heterocycles. The maximum absolute atomic E-state index is 13.7. The average Bonchev–Trinajstić information content (AvgIpc) is 3.10. The molecule has 6 nitrogen and oxygen atoms in total. The van der Waals surface area contributed by atoms with Gasteiger partial charge < -0.3 is 10.6 Å². The summed E-state index contributed by atoms with van der Waals surface area (Å²) in [6.45, 7) is 5.37. The molecule has 0 aliphatic heterocycles. The van der Waals surface area contributed by atoms with E-state index in [9.17, 15) is 12.8 Å². The molecule has 0 radical (unpaired) electrons. The summed E-state index contributed by atoms with van der Waals surface area (Å²) in [5.74, 6) is -0.452. The first kappa shape index (κ1) is 24.8. The Bertz CT molecular complexity index is 872. The predicted molar refractivity (Wildman–Crippen MR) is 123 cm³/mol. The van der Waals surface area contributed by atoms with E-state index in [1.54, 1.807) is 11.3 Å². The lowest BCUT2D eigenvalue weighted by Crippen LogP contribution is -2.38. The number of aryl methyl sites for hydroxylation is 1. The van der Waals surface area contributed by atoms with Gasteiger partial charge in [0.05, 0.1) is 17.3 Å². The number of rotatable bonds is 9. The number of hydrogen-bond acceptors (Lipinski definition) is 5. The van der Waals surface area contributed by atoms with Gasteiger partial charge in [0.25, 0.3) is 0 Å². The largest absolute Gasteiger partial charge is 0.357 e. The Balaban J connectivity index is 0.00000392. The Labute approximate surface area is 187 Å². The second kappa shape index (κ2) is 12.3. The van der Waals surface area contributed by atoms with Crippen LogP contribution in [0.1, 0.15) is 23.7 Å². The van der Waals surface area contributed by atoms with E-state index in [0.29, 0.717) is 19.0 Å². The van der Waals surface area contributed by atoms with Crippen LogP contribution < -0.4 is 10.6 Å². The van der Waals surface area contributed by atoms with Crippen LogP contribution in [0.5, 0.6) is 0 Å². The summed E-state index contributed by atoms with van der Waals surface area (Å²) >= 11 is 1.69. The molecule has 10 heteroatoms. The summed E-state index contributed by atoms with van der Waals surface area (Å²) in [7, 11) is -3.71. The fourth-order valence-corrected chi connectivity index (χ4v) is 4.41. The molecule has 1 aromatic heterocycles. The minimum Gasteiger partial charge on any atom is -0.357 e. The number of sulfone groups is 1. The Hall–Kier alpha value is -1.27. The molecule has 0 bridgehead atoms. The SMILES string of the molecule is CCNC(=NCCS(=O)(=O)c1ccccc1F)NCCc1ncc(CC)s1.I. The van der Waals surface area contributed by atoms with Gasteiger partial charge in [0, 0.05) is 30.6 Å². The highest BCUT2D eigenvalue weighted by Gasteiger charge is 2.18. The van der Waals surface area contributed by atoms with Crippen LogP contribution in [-0.4, -0.2) is 44.7 Å². The Morgan fingerprint density at radius 3 is 2.64 bits per heavy atom. The monoisotopic (exact) mass is 540 g/mol. The van der Waals surface area contributed by atoms with E-state index in [4.69, 9.17) is 0 Å². The highest BCUT2D eigenvalue weighted by Crippen LogP contribution is 2.15. The Morgan fingerprint density at radius 1 is 1.25 bits per heavy atom. The molecule has 0 fully saturated rings. The average molecular weight is 540 g/mol. The first-order valence-electron chi connectivity index (χ1n) is 8.89. The number of nitrogens with one attached hydrogen (secondary N) is 2. The minimum atomic E-state index is -3.71. The van der Waals surface area contributed by atoms with Gasteiger partial charge in [0.15, 0.2) is 15.8 Å². The van der Waals surface area contributed by atoms with Crippen molar-refractivity contribution in [3.05, 3.63) is 46.2 Å². The molecule has 0 atom stereocenters. The maximum atomic E-state index is 13.7. The molecule has 0 saturated carbocycles. The number of nitrogens with zero attached hydrogens (tertiary/aromatic N) is 2. The van der Waals surface area contributed by atoms with Gasteiger partial charge >= 0.3 is 0 Å². The van der Waals surface area contributed by atoms with Crippen molar-refractivity contribution >= 4 is 51.1 Å². The Kier molecular flexibility index (Phi) is 10.9. The van der Waals surface area contributed by atoms with Gasteiger partial charge in [-0.15, -0.1) is 35.3 Å². The van der Waals surface area contributed by atoms with E-state index in [0.717, 1.165) is 23.9 Å². The lowest BCUT2D eigenvalue weighted by atomic mass is 10.3. The molecule has 0 aliphatic rings. The molecule has 2 N–H and O–H groups in total. The lowest BCUT2D eigenvalue weighted by molar-refractivity contribution is 0.567. The van der Waals surface area contributed by atoms with Gasteiger partial charge in [-0.2, -0.15) is 0 Å². The fraction of sp³-hybridized carbons (Fsp3) is 0.444. The summed E-state index contributed by atoms with van der Waals surface area (Å²) in [6, 6.07) is 5.39. The molecule has 0 spiro atoms. The second-order valence-electron chi connectivity index (χ2n) is 5.76. The van der Waals surface area contributed by atoms with E-state index in [2.05, 4.69) is 27.5 Å². The Morgan fingerprint density at radius 2 is 2.00 bits per heavy atom. The van der Waals surface area contributed by atoms with Gasteiger partial charge in [-0.25, -0.2) is 17.8 Å². The second-order valence-corrected chi connectivity index (χ2v) is 9.04. The molecule has 0 aliphatic carbocycles. The van der Waals surface area contributed by atoms with Gasteiger partial charge in [0.1, 0.15) is 10.7 Å². The number of halogens is 2. The summed E-state index contributed by atoms with van der Waals surface area (Å²) in [5.41, 5.74) is 0. The number of hydrogen-bond donors (Lipinski definition) is 2. The number of aliphatic imine (C=N–C) groups is 1. The lowest BCUT2D eigenvalue weighted by Gasteiger charge is -2.11. The zero-order valence-corrected chi connectivity index (χ0v) is 19.9.